The minimum absolute atomic E-state index is 0. The number of halogens is 1. The lowest BCUT2D eigenvalue weighted by atomic mass is 10.1. The molecule has 1 aliphatic carbocycles. The molecule has 28 heavy (non-hydrogen) atoms. The minimum Gasteiger partial charge on any atom is -0.490 e. The summed E-state index contributed by atoms with van der Waals surface area (Å²) in [5.41, 5.74) is 2.38. The third-order valence-corrected chi connectivity index (χ3v) is 5.69. The highest BCUT2D eigenvalue weighted by molar-refractivity contribution is 14.0. The summed E-state index contributed by atoms with van der Waals surface area (Å²) < 4.78 is 6.03. The Morgan fingerprint density at radius 3 is 2.61 bits per heavy atom. The second-order valence-corrected chi connectivity index (χ2v) is 8.17. The first-order chi connectivity index (χ1) is 13.1. The van der Waals surface area contributed by atoms with E-state index in [1.54, 1.807) is 11.3 Å². The summed E-state index contributed by atoms with van der Waals surface area (Å²) in [5, 5.41) is 6.64. The number of hydrogen-bond donors (Lipinski definition) is 1. The van der Waals surface area contributed by atoms with Crippen LogP contribution in [0.3, 0.4) is 0 Å². The molecule has 0 aliphatic heterocycles. The lowest BCUT2D eigenvalue weighted by Gasteiger charge is -2.21. The molecular formula is C21H31IN4OS. The van der Waals surface area contributed by atoms with E-state index in [0.717, 1.165) is 41.9 Å². The molecule has 1 fully saturated rings. The molecule has 0 bridgehead atoms. The number of guanidine groups is 1. The van der Waals surface area contributed by atoms with E-state index >= 15 is 0 Å². The molecule has 1 aliphatic rings. The van der Waals surface area contributed by atoms with Crippen LogP contribution in [0.1, 0.15) is 41.9 Å². The second-order valence-electron chi connectivity index (χ2n) is 7.11. The second kappa shape index (κ2) is 11.6. The number of aromatic nitrogens is 1. The van der Waals surface area contributed by atoms with Gasteiger partial charge in [0.2, 0.25) is 0 Å². The lowest BCUT2D eigenvalue weighted by molar-refractivity contribution is 0.210. The molecule has 1 saturated carbocycles. The van der Waals surface area contributed by atoms with E-state index in [-0.39, 0.29) is 24.0 Å². The van der Waals surface area contributed by atoms with Crippen LogP contribution in [0.2, 0.25) is 0 Å². The quantitative estimate of drug-likeness (QED) is 0.332. The predicted molar refractivity (Wildman–Crippen MR) is 128 cm³/mol. The molecule has 0 radical (unpaired) electrons. The van der Waals surface area contributed by atoms with Crippen molar-refractivity contribution in [3.8, 4) is 5.75 Å². The Morgan fingerprint density at radius 1 is 1.29 bits per heavy atom. The first-order valence-corrected chi connectivity index (χ1v) is 10.6. The lowest BCUT2D eigenvalue weighted by Crippen LogP contribution is -2.39. The van der Waals surface area contributed by atoms with Crippen molar-refractivity contribution >= 4 is 41.3 Å². The van der Waals surface area contributed by atoms with Crippen LogP contribution in [-0.4, -0.2) is 42.6 Å². The molecule has 0 saturated heterocycles. The Balaban J connectivity index is 0.00000280. The molecule has 2 aromatic rings. The maximum Gasteiger partial charge on any atom is 0.193 e. The number of nitrogens with one attached hydrogen (secondary N) is 1. The van der Waals surface area contributed by atoms with Gasteiger partial charge in [0, 0.05) is 26.0 Å². The molecule has 1 heterocycles. The SMILES string of the molecule is CN=C(NCCc1ccc(OC2CCCC2)cc1)N(C)Cc1csc(C)n1.I. The van der Waals surface area contributed by atoms with E-state index in [2.05, 4.69) is 49.8 Å². The zero-order valence-corrected chi connectivity index (χ0v) is 20.1. The number of thiazole rings is 1. The summed E-state index contributed by atoms with van der Waals surface area (Å²) in [6.45, 7) is 3.64. The van der Waals surface area contributed by atoms with Crippen LogP contribution in [0.5, 0.6) is 5.75 Å². The molecule has 1 aromatic carbocycles. The third kappa shape index (κ3) is 6.92. The van der Waals surface area contributed by atoms with Crippen molar-refractivity contribution < 1.29 is 4.74 Å². The summed E-state index contributed by atoms with van der Waals surface area (Å²) in [6.07, 6.45) is 6.35. The summed E-state index contributed by atoms with van der Waals surface area (Å²) >= 11 is 1.68. The number of ether oxygens (including phenoxy) is 1. The van der Waals surface area contributed by atoms with Crippen molar-refractivity contribution in [2.75, 3.05) is 20.6 Å². The monoisotopic (exact) mass is 514 g/mol. The van der Waals surface area contributed by atoms with Gasteiger partial charge < -0.3 is 15.0 Å². The van der Waals surface area contributed by atoms with E-state index in [9.17, 15) is 0 Å². The van der Waals surface area contributed by atoms with Crippen LogP contribution in [0, 0.1) is 6.92 Å². The zero-order valence-electron chi connectivity index (χ0n) is 17.0. The fourth-order valence-electron chi connectivity index (χ4n) is 3.44. The summed E-state index contributed by atoms with van der Waals surface area (Å²) in [4.78, 5) is 11.0. The Morgan fingerprint density at radius 2 is 2.00 bits per heavy atom. The Labute approximate surface area is 189 Å². The summed E-state index contributed by atoms with van der Waals surface area (Å²) in [5.74, 6) is 1.88. The zero-order chi connectivity index (χ0) is 19.1. The number of nitrogens with zero attached hydrogens (tertiary/aromatic N) is 3. The molecular weight excluding hydrogens is 483 g/mol. The fourth-order valence-corrected chi connectivity index (χ4v) is 4.04. The Bertz CT molecular complexity index is 741. The highest BCUT2D eigenvalue weighted by Crippen LogP contribution is 2.24. The first-order valence-electron chi connectivity index (χ1n) is 9.72. The van der Waals surface area contributed by atoms with Crippen molar-refractivity contribution in [2.24, 2.45) is 4.99 Å². The maximum absolute atomic E-state index is 6.03. The van der Waals surface area contributed by atoms with Gasteiger partial charge in [-0.2, -0.15) is 0 Å². The molecule has 154 valence electrons. The van der Waals surface area contributed by atoms with Gasteiger partial charge in [-0.1, -0.05) is 12.1 Å². The molecule has 3 rings (SSSR count). The molecule has 7 heteroatoms. The van der Waals surface area contributed by atoms with Crippen LogP contribution in [0.15, 0.2) is 34.6 Å². The highest BCUT2D eigenvalue weighted by Gasteiger charge is 2.16. The van der Waals surface area contributed by atoms with E-state index in [1.807, 2.05) is 21.0 Å². The average Bonchev–Trinajstić information content (AvgIpc) is 3.32. The van der Waals surface area contributed by atoms with Gasteiger partial charge in [0.25, 0.3) is 0 Å². The predicted octanol–water partition coefficient (Wildman–Crippen LogP) is 4.64. The van der Waals surface area contributed by atoms with E-state index in [0.29, 0.717) is 6.10 Å². The van der Waals surface area contributed by atoms with Crippen LogP contribution in [0.4, 0.5) is 0 Å². The van der Waals surface area contributed by atoms with Gasteiger partial charge in [-0.25, -0.2) is 4.98 Å². The summed E-state index contributed by atoms with van der Waals surface area (Å²) in [7, 11) is 3.86. The molecule has 1 aromatic heterocycles. The molecule has 0 unspecified atom stereocenters. The topological polar surface area (TPSA) is 49.8 Å². The van der Waals surface area contributed by atoms with Crippen LogP contribution < -0.4 is 10.1 Å². The van der Waals surface area contributed by atoms with Gasteiger partial charge in [-0.15, -0.1) is 35.3 Å². The highest BCUT2D eigenvalue weighted by atomic mass is 127. The molecule has 0 spiro atoms. The van der Waals surface area contributed by atoms with Crippen LogP contribution >= 0.6 is 35.3 Å². The van der Waals surface area contributed by atoms with Gasteiger partial charge in [0.1, 0.15) is 5.75 Å². The fraction of sp³-hybridized carbons (Fsp3) is 0.524. The molecule has 0 atom stereocenters. The average molecular weight is 514 g/mol. The van der Waals surface area contributed by atoms with Crippen molar-refractivity contribution in [1.29, 1.82) is 0 Å². The van der Waals surface area contributed by atoms with Crippen molar-refractivity contribution in [3.05, 3.63) is 45.9 Å². The number of benzene rings is 1. The van der Waals surface area contributed by atoms with E-state index in [4.69, 9.17) is 4.74 Å². The normalized spacial score (nSPS) is 14.6. The number of rotatable bonds is 7. The van der Waals surface area contributed by atoms with Gasteiger partial charge in [-0.05, 0) is 56.7 Å². The van der Waals surface area contributed by atoms with Crippen molar-refractivity contribution in [1.82, 2.24) is 15.2 Å². The Hall–Kier alpha value is -1.35. The first kappa shape index (κ1) is 22.9. The van der Waals surface area contributed by atoms with Gasteiger partial charge in [0.15, 0.2) is 5.96 Å². The Kier molecular flexibility index (Phi) is 9.50. The number of hydrogen-bond acceptors (Lipinski definition) is 4. The largest absolute Gasteiger partial charge is 0.490 e. The van der Waals surface area contributed by atoms with Crippen LogP contribution in [-0.2, 0) is 13.0 Å². The van der Waals surface area contributed by atoms with E-state index in [1.165, 1.54) is 31.2 Å². The van der Waals surface area contributed by atoms with Crippen LogP contribution in [0.25, 0.3) is 0 Å². The molecule has 0 amide bonds. The number of aryl methyl sites for hydroxylation is 1. The van der Waals surface area contributed by atoms with E-state index < -0.39 is 0 Å². The smallest absolute Gasteiger partial charge is 0.193 e. The maximum atomic E-state index is 6.03. The summed E-state index contributed by atoms with van der Waals surface area (Å²) in [6, 6.07) is 8.52. The standard InChI is InChI=1S/C21H30N4OS.HI/c1-16-24-18(15-27-16)14-25(3)21(22-2)23-13-12-17-8-10-20(11-9-17)26-19-6-4-5-7-19;/h8-11,15,19H,4-7,12-14H2,1-3H3,(H,22,23);1H. The third-order valence-electron chi connectivity index (χ3n) is 4.86. The minimum atomic E-state index is 0. The number of aliphatic imine (C=N–C) groups is 1. The van der Waals surface area contributed by atoms with Crippen molar-refractivity contribution in [3.63, 3.8) is 0 Å². The van der Waals surface area contributed by atoms with Gasteiger partial charge in [0.05, 0.1) is 23.4 Å². The van der Waals surface area contributed by atoms with Gasteiger partial charge >= 0.3 is 0 Å². The van der Waals surface area contributed by atoms with Crippen molar-refractivity contribution in [2.45, 2.75) is 51.7 Å². The molecule has 1 N–H and O–H groups in total. The molecule has 5 nitrogen and oxygen atoms in total. The van der Waals surface area contributed by atoms with Gasteiger partial charge in [-0.3, -0.25) is 4.99 Å².